The zero-order chi connectivity index (χ0) is 9.14. The summed E-state index contributed by atoms with van der Waals surface area (Å²) in [5, 5.41) is 0.541. The molecule has 1 aromatic heterocycles. The van der Waals surface area contributed by atoms with Gasteiger partial charge < -0.3 is 11.5 Å². The first-order valence-electron chi connectivity index (χ1n) is 3.81. The highest BCUT2D eigenvalue weighted by atomic mass is 35.5. The number of halogens is 1. The number of nitrogens with two attached hydrogens (primary N) is 2. The van der Waals surface area contributed by atoms with E-state index in [2.05, 4.69) is 4.98 Å². The summed E-state index contributed by atoms with van der Waals surface area (Å²) in [6.45, 7) is 1.99. The molecule has 0 aliphatic rings. The Bertz CT molecular complexity index is 275. The molecule has 0 fully saturated rings. The van der Waals surface area contributed by atoms with E-state index < -0.39 is 0 Å². The molecule has 1 aromatic rings. The second-order valence-corrected chi connectivity index (χ2v) is 3.08. The van der Waals surface area contributed by atoms with Gasteiger partial charge in [-0.1, -0.05) is 18.5 Å². The number of pyridine rings is 1. The third-order valence-corrected chi connectivity index (χ3v) is 1.91. The van der Waals surface area contributed by atoms with Crippen molar-refractivity contribution < 1.29 is 0 Å². The minimum absolute atomic E-state index is 0.0951. The number of anilines is 1. The third kappa shape index (κ3) is 1.87. The molecule has 1 atom stereocenters. The van der Waals surface area contributed by atoms with Gasteiger partial charge in [0, 0.05) is 12.2 Å². The lowest BCUT2D eigenvalue weighted by molar-refractivity contribution is 0.678. The van der Waals surface area contributed by atoms with Crippen LogP contribution in [0.15, 0.2) is 12.3 Å². The minimum atomic E-state index is -0.0951. The maximum absolute atomic E-state index is 5.76. The molecular weight excluding hydrogens is 174 g/mol. The summed E-state index contributed by atoms with van der Waals surface area (Å²) in [5.41, 5.74) is 12.7. The molecule has 1 rings (SSSR count). The molecule has 0 spiro atoms. The standard InChI is InChI=1S/C8H12ClN3/c1-2-6(10)8-7(11)3-5(9)4-12-8/h3-4,6H,2,10-11H2,1H3/t6-/m0/s1. The summed E-state index contributed by atoms with van der Waals surface area (Å²) in [6, 6.07) is 1.57. The van der Waals surface area contributed by atoms with Crippen molar-refractivity contribution in [1.29, 1.82) is 0 Å². The Morgan fingerprint density at radius 1 is 1.67 bits per heavy atom. The first kappa shape index (κ1) is 9.29. The van der Waals surface area contributed by atoms with E-state index in [0.717, 1.165) is 12.1 Å². The minimum Gasteiger partial charge on any atom is -0.397 e. The Morgan fingerprint density at radius 2 is 2.33 bits per heavy atom. The molecule has 4 N–H and O–H groups in total. The predicted octanol–water partition coefficient (Wildman–Crippen LogP) is 1.73. The quantitative estimate of drug-likeness (QED) is 0.738. The fraction of sp³-hybridized carbons (Fsp3) is 0.375. The first-order chi connectivity index (χ1) is 5.65. The van der Waals surface area contributed by atoms with Crippen LogP contribution in [0.4, 0.5) is 5.69 Å². The van der Waals surface area contributed by atoms with Crippen LogP contribution in [0, 0.1) is 0 Å². The Balaban J connectivity index is 3.01. The van der Waals surface area contributed by atoms with Crippen LogP contribution in [0.25, 0.3) is 0 Å². The highest BCUT2D eigenvalue weighted by molar-refractivity contribution is 6.30. The fourth-order valence-electron chi connectivity index (χ4n) is 0.969. The largest absolute Gasteiger partial charge is 0.397 e. The summed E-state index contributed by atoms with van der Waals surface area (Å²) in [5.74, 6) is 0. The summed E-state index contributed by atoms with van der Waals surface area (Å²) >= 11 is 5.68. The van der Waals surface area contributed by atoms with Gasteiger partial charge in [0.15, 0.2) is 0 Å². The number of rotatable bonds is 2. The molecule has 3 nitrogen and oxygen atoms in total. The van der Waals surface area contributed by atoms with Crippen molar-refractivity contribution in [2.24, 2.45) is 5.73 Å². The molecule has 1 heterocycles. The van der Waals surface area contributed by atoms with Crippen molar-refractivity contribution in [3.05, 3.63) is 23.0 Å². The zero-order valence-corrected chi connectivity index (χ0v) is 7.67. The lowest BCUT2D eigenvalue weighted by atomic mass is 10.1. The van der Waals surface area contributed by atoms with Crippen molar-refractivity contribution in [3.63, 3.8) is 0 Å². The van der Waals surface area contributed by atoms with Crippen molar-refractivity contribution in [2.45, 2.75) is 19.4 Å². The summed E-state index contributed by atoms with van der Waals surface area (Å²) in [6.07, 6.45) is 2.38. The fourth-order valence-corrected chi connectivity index (χ4v) is 1.14. The van der Waals surface area contributed by atoms with Gasteiger partial charge in [-0.05, 0) is 12.5 Å². The number of nitrogens with zero attached hydrogens (tertiary/aromatic N) is 1. The summed E-state index contributed by atoms with van der Waals surface area (Å²) in [4.78, 5) is 4.07. The molecule has 66 valence electrons. The van der Waals surface area contributed by atoms with Gasteiger partial charge in [-0.3, -0.25) is 4.98 Å². The highest BCUT2D eigenvalue weighted by Gasteiger charge is 2.08. The molecule has 0 saturated heterocycles. The van der Waals surface area contributed by atoms with Gasteiger partial charge in [-0.25, -0.2) is 0 Å². The smallest absolute Gasteiger partial charge is 0.0800 e. The second kappa shape index (κ2) is 3.74. The van der Waals surface area contributed by atoms with E-state index in [1.807, 2.05) is 6.92 Å². The van der Waals surface area contributed by atoms with Crippen LogP contribution in [0.1, 0.15) is 25.1 Å². The van der Waals surface area contributed by atoms with Crippen molar-refractivity contribution in [1.82, 2.24) is 4.98 Å². The molecule has 0 radical (unpaired) electrons. The van der Waals surface area contributed by atoms with Crippen molar-refractivity contribution in [3.8, 4) is 0 Å². The summed E-state index contributed by atoms with van der Waals surface area (Å²) < 4.78 is 0. The number of aromatic nitrogens is 1. The van der Waals surface area contributed by atoms with Gasteiger partial charge in [0.25, 0.3) is 0 Å². The van der Waals surface area contributed by atoms with E-state index in [0.29, 0.717) is 10.7 Å². The van der Waals surface area contributed by atoms with Crippen LogP contribution in [-0.2, 0) is 0 Å². The van der Waals surface area contributed by atoms with E-state index in [4.69, 9.17) is 23.1 Å². The van der Waals surface area contributed by atoms with Crippen LogP contribution < -0.4 is 11.5 Å². The molecule has 0 saturated carbocycles. The molecule has 0 aliphatic carbocycles. The topological polar surface area (TPSA) is 64.9 Å². The van der Waals surface area contributed by atoms with Crippen LogP contribution in [0.3, 0.4) is 0 Å². The number of hydrogen-bond donors (Lipinski definition) is 2. The average molecular weight is 186 g/mol. The first-order valence-corrected chi connectivity index (χ1v) is 4.19. The molecule has 12 heavy (non-hydrogen) atoms. The molecular formula is C8H12ClN3. The maximum atomic E-state index is 5.76. The van der Waals surface area contributed by atoms with Crippen LogP contribution >= 0.6 is 11.6 Å². The summed E-state index contributed by atoms with van der Waals surface area (Å²) in [7, 11) is 0. The van der Waals surface area contributed by atoms with E-state index in [1.165, 1.54) is 0 Å². The second-order valence-electron chi connectivity index (χ2n) is 2.64. The van der Waals surface area contributed by atoms with Gasteiger partial charge in [-0.15, -0.1) is 0 Å². The zero-order valence-electron chi connectivity index (χ0n) is 6.92. The van der Waals surface area contributed by atoms with Crippen LogP contribution in [-0.4, -0.2) is 4.98 Å². The van der Waals surface area contributed by atoms with E-state index >= 15 is 0 Å². The maximum Gasteiger partial charge on any atom is 0.0800 e. The Morgan fingerprint density at radius 3 is 2.83 bits per heavy atom. The van der Waals surface area contributed by atoms with E-state index in [9.17, 15) is 0 Å². The molecule has 0 unspecified atom stereocenters. The van der Waals surface area contributed by atoms with Gasteiger partial charge in [-0.2, -0.15) is 0 Å². The van der Waals surface area contributed by atoms with Crippen molar-refractivity contribution in [2.75, 3.05) is 5.73 Å². The Labute approximate surface area is 76.7 Å². The van der Waals surface area contributed by atoms with Gasteiger partial charge in [0.05, 0.1) is 16.4 Å². The number of nitrogen functional groups attached to an aromatic ring is 1. The van der Waals surface area contributed by atoms with E-state index in [1.54, 1.807) is 12.3 Å². The average Bonchev–Trinajstić information content (AvgIpc) is 2.03. The molecule has 4 heteroatoms. The normalized spacial score (nSPS) is 12.9. The van der Waals surface area contributed by atoms with Crippen molar-refractivity contribution >= 4 is 17.3 Å². The van der Waals surface area contributed by atoms with Crippen LogP contribution in [0.5, 0.6) is 0 Å². The molecule has 0 bridgehead atoms. The molecule has 0 aromatic carbocycles. The lowest BCUT2D eigenvalue weighted by Gasteiger charge is -2.10. The van der Waals surface area contributed by atoms with E-state index in [-0.39, 0.29) is 6.04 Å². The van der Waals surface area contributed by atoms with Gasteiger partial charge >= 0.3 is 0 Å². The third-order valence-electron chi connectivity index (χ3n) is 1.71. The SMILES string of the molecule is CC[C@H](N)c1ncc(Cl)cc1N. The van der Waals surface area contributed by atoms with Gasteiger partial charge in [0.1, 0.15) is 0 Å². The van der Waals surface area contributed by atoms with Crippen LogP contribution in [0.2, 0.25) is 5.02 Å². The highest BCUT2D eigenvalue weighted by Crippen LogP contribution is 2.21. The Kier molecular flexibility index (Phi) is 2.89. The lowest BCUT2D eigenvalue weighted by Crippen LogP contribution is -2.12. The Hall–Kier alpha value is -0.800. The predicted molar refractivity (Wildman–Crippen MR) is 50.9 cm³/mol. The monoisotopic (exact) mass is 185 g/mol. The number of hydrogen-bond acceptors (Lipinski definition) is 3. The molecule has 0 amide bonds. The van der Waals surface area contributed by atoms with Gasteiger partial charge in [0.2, 0.25) is 0 Å². The molecule has 0 aliphatic heterocycles.